The molecule has 0 saturated heterocycles. The van der Waals surface area contributed by atoms with E-state index in [4.69, 9.17) is 9.84 Å². The van der Waals surface area contributed by atoms with Gasteiger partial charge in [-0.2, -0.15) is 0 Å². The van der Waals surface area contributed by atoms with Gasteiger partial charge in [0.2, 0.25) is 0 Å². The van der Waals surface area contributed by atoms with Crippen molar-refractivity contribution in [2.75, 3.05) is 6.61 Å². The average Bonchev–Trinajstić information content (AvgIpc) is 2.17. The molecule has 74 valence electrons. The molecule has 0 fully saturated rings. The monoisotopic (exact) mass is 194 g/mol. The molecule has 0 radical (unpaired) electrons. The Balaban J connectivity index is 2.31. The summed E-state index contributed by atoms with van der Waals surface area (Å²) in [4.78, 5) is 10.7. The number of benzene rings is 1. The van der Waals surface area contributed by atoms with Crippen LogP contribution in [0.4, 0.5) is 0 Å². The van der Waals surface area contributed by atoms with E-state index in [1.807, 2.05) is 0 Å². The van der Waals surface area contributed by atoms with Gasteiger partial charge in [0.05, 0.1) is 5.92 Å². The number of carbonyl (C=O) groups is 1. The van der Waals surface area contributed by atoms with Gasteiger partial charge < -0.3 is 14.9 Å². The molecule has 0 bridgehead atoms. The van der Waals surface area contributed by atoms with Crippen molar-refractivity contribution in [2.45, 2.75) is 6.42 Å². The normalized spacial score (nSPS) is 19.6. The Bertz CT molecular complexity index is 372. The van der Waals surface area contributed by atoms with Crippen LogP contribution in [0.1, 0.15) is 5.56 Å². The van der Waals surface area contributed by atoms with Crippen LogP contribution >= 0.6 is 0 Å². The molecule has 0 aromatic heterocycles. The van der Waals surface area contributed by atoms with E-state index in [1.54, 1.807) is 12.1 Å². The number of fused-ring (bicyclic) bond motifs is 1. The Morgan fingerprint density at radius 2 is 2.29 bits per heavy atom. The van der Waals surface area contributed by atoms with Crippen LogP contribution in [0.5, 0.6) is 11.5 Å². The van der Waals surface area contributed by atoms with Crippen LogP contribution in [0, 0.1) is 5.92 Å². The molecule has 1 aromatic rings. The summed E-state index contributed by atoms with van der Waals surface area (Å²) in [5, 5.41) is 18.2. The first-order valence-electron chi connectivity index (χ1n) is 4.35. The maximum absolute atomic E-state index is 10.7. The number of carboxylic acids is 1. The summed E-state index contributed by atoms with van der Waals surface area (Å²) in [6.45, 7) is 0.125. The van der Waals surface area contributed by atoms with Gasteiger partial charge in [0.25, 0.3) is 0 Å². The molecule has 1 atom stereocenters. The van der Waals surface area contributed by atoms with Crippen molar-refractivity contribution in [1.82, 2.24) is 0 Å². The predicted octanol–water partition coefficient (Wildman–Crippen LogP) is 1.03. The molecule has 1 heterocycles. The van der Waals surface area contributed by atoms with Gasteiger partial charge >= 0.3 is 5.97 Å². The number of para-hydroxylation sites is 1. The van der Waals surface area contributed by atoms with Crippen LogP contribution in [0.15, 0.2) is 18.2 Å². The van der Waals surface area contributed by atoms with E-state index in [1.165, 1.54) is 6.07 Å². The lowest BCUT2D eigenvalue weighted by molar-refractivity contribution is -0.143. The quantitative estimate of drug-likeness (QED) is 0.700. The fourth-order valence-corrected chi connectivity index (χ4v) is 1.57. The highest BCUT2D eigenvalue weighted by molar-refractivity contribution is 5.71. The molecule has 0 spiro atoms. The van der Waals surface area contributed by atoms with Crippen LogP contribution < -0.4 is 4.74 Å². The second-order valence-corrected chi connectivity index (χ2v) is 3.32. The van der Waals surface area contributed by atoms with Crippen LogP contribution in [0.25, 0.3) is 0 Å². The molecule has 0 aliphatic carbocycles. The van der Waals surface area contributed by atoms with Crippen molar-refractivity contribution in [3.8, 4) is 11.5 Å². The van der Waals surface area contributed by atoms with E-state index in [0.29, 0.717) is 12.2 Å². The van der Waals surface area contributed by atoms with Gasteiger partial charge in [0, 0.05) is 0 Å². The molecule has 1 aromatic carbocycles. The van der Waals surface area contributed by atoms with Gasteiger partial charge in [0.1, 0.15) is 6.61 Å². The van der Waals surface area contributed by atoms with Gasteiger partial charge in [-0.1, -0.05) is 12.1 Å². The zero-order chi connectivity index (χ0) is 10.1. The van der Waals surface area contributed by atoms with E-state index >= 15 is 0 Å². The lowest BCUT2D eigenvalue weighted by Crippen LogP contribution is -2.27. The first kappa shape index (κ1) is 8.87. The van der Waals surface area contributed by atoms with Crippen LogP contribution in [-0.4, -0.2) is 22.8 Å². The van der Waals surface area contributed by atoms with E-state index in [2.05, 4.69) is 0 Å². The first-order chi connectivity index (χ1) is 6.68. The highest BCUT2D eigenvalue weighted by atomic mass is 16.5. The summed E-state index contributed by atoms with van der Waals surface area (Å²) < 4.78 is 5.20. The topological polar surface area (TPSA) is 66.8 Å². The minimum atomic E-state index is -0.862. The van der Waals surface area contributed by atoms with Gasteiger partial charge in [-0.05, 0) is 18.1 Å². The third-order valence-corrected chi connectivity index (χ3v) is 2.32. The van der Waals surface area contributed by atoms with E-state index < -0.39 is 11.9 Å². The zero-order valence-electron chi connectivity index (χ0n) is 7.43. The maximum Gasteiger partial charge on any atom is 0.310 e. The van der Waals surface area contributed by atoms with Gasteiger partial charge in [0.15, 0.2) is 11.5 Å². The largest absolute Gasteiger partial charge is 0.504 e. The number of rotatable bonds is 1. The maximum atomic E-state index is 10.7. The number of aliphatic carboxylic acids is 1. The third kappa shape index (κ3) is 1.39. The number of phenols is 1. The van der Waals surface area contributed by atoms with Crippen molar-refractivity contribution in [2.24, 2.45) is 5.92 Å². The summed E-state index contributed by atoms with van der Waals surface area (Å²) in [7, 11) is 0. The molecular formula is C10H10O4. The predicted molar refractivity (Wildman–Crippen MR) is 48.4 cm³/mol. The molecule has 2 rings (SSSR count). The Morgan fingerprint density at radius 3 is 3.00 bits per heavy atom. The van der Waals surface area contributed by atoms with Crippen molar-refractivity contribution in [3.05, 3.63) is 23.8 Å². The number of hydrogen-bond donors (Lipinski definition) is 2. The number of ether oxygens (including phenoxy) is 1. The minimum Gasteiger partial charge on any atom is -0.504 e. The summed E-state index contributed by atoms with van der Waals surface area (Å²) >= 11 is 0. The van der Waals surface area contributed by atoms with Gasteiger partial charge in [-0.3, -0.25) is 4.79 Å². The first-order valence-corrected chi connectivity index (χ1v) is 4.35. The lowest BCUT2D eigenvalue weighted by atomic mass is 9.97. The Labute approximate surface area is 80.7 Å². The highest BCUT2D eigenvalue weighted by Gasteiger charge is 2.26. The summed E-state index contributed by atoms with van der Waals surface area (Å²) in [6, 6.07) is 4.98. The fourth-order valence-electron chi connectivity index (χ4n) is 1.57. The molecule has 4 heteroatoms. The van der Waals surface area contributed by atoms with Crippen molar-refractivity contribution < 1.29 is 19.7 Å². The summed E-state index contributed by atoms with van der Waals surface area (Å²) in [6.07, 6.45) is 0.416. The van der Waals surface area contributed by atoms with Crippen LogP contribution in [0.3, 0.4) is 0 Å². The van der Waals surface area contributed by atoms with Gasteiger partial charge in [-0.15, -0.1) is 0 Å². The molecule has 2 N–H and O–H groups in total. The average molecular weight is 194 g/mol. The van der Waals surface area contributed by atoms with Crippen LogP contribution in [-0.2, 0) is 11.2 Å². The Kier molecular flexibility index (Phi) is 2.04. The Morgan fingerprint density at radius 1 is 1.50 bits per heavy atom. The van der Waals surface area contributed by atoms with Gasteiger partial charge in [-0.25, -0.2) is 0 Å². The second kappa shape index (κ2) is 3.21. The molecule has 1 aliphatic heterocycles. The molecular weight excluding hydrogens is 184 g/mol. The van der Waals surface area contributed by atoms with E-state index in [9.17, 15) is 9.90 Å². The number of hydrogen-bond acceptors (Lipinski definition) is 3. The second-order valence-electron chi connectivity index (χ2n) is 3.32. The molecule has 4 nitrogen and oxygen atoms in total. The van der Waals surface area contributed by atoms with Crippen molar-refractivity contribution >= 4 is 5.97 Å². The molecule has 14 heavy (non-hydrogen) atoms. The Hall–Kier alpha value is -1.71. The summed E-state index contributed by atoms with van der Waals surface area (Å²) in [5.74, 6) is -0.875. The molecule has 1 unspecified atom stereocenters. The number of phenolic OH excluding ortho intramolecular Hbond substituents is 1. The summed E-state index contributed by atoms with van der Waals surface area (Å²) in [5.41, 5.74) is 0.753. The highest BCUT2D eigenvalue weighted by Crippen LogP contribution is 2.35. The number of aromatic hydroxyl groups is 1. The number of carboxylic acid groups (broad SMARTS) is 1. The smallest absolute Gasteiger partial charge is 0.310 e. The molecule has 0 amide bonds. The zero-order valence-corrected chi connectivity index (χ0v) is 7.43. The third-order valence-electron chi connectivity index (χ3n) is 2.32. The van der Waals surface area contributed by atoms with Crippen LogP contribution in [0.2, 0.25) is 0 Å². The fraction of sp³-hybridized carbons (Fsp3) is 0.300. The van der Waals surface area contributed by atoms with Crippen molar-refractivity contribution in [3.63, 3.8) is 0 Å². The minimum absolute atomic E-state index is 0.0753. The van der Waals surface area contributed by atoms with E-state index in [-0.39, 0.29) is 12.4 Å². The molecule has 1 aliphatic rings. The lowest BCUT2D eigenvalue weighted by Gasteiger charge is -2.22. The standard InChI is InChI=1S/C10H10O4/c11-8-3-1-2-6-4-7(10(12)13)5-14-9(6)8/h1-3,7,11H,4-5H2,(H,12,13). The van der Waals surface area contributed by atoms with E-state index in [0.717, 1.165) is 5.56 Å². The molecule has 0 saturated carbocycles. The van der Waals surface area contributed by atoms with Crippen molar-refractivity contribution in [1.29, 1.82) is 0 Å². The SMILES string of the molecule is O=C(O)C1COc2c(O)cccc2C1.